The molecular formula is C19H30O2. The Balaban J connectivity index is 1.59. The monoisotopic (exact) mass is 290 g/mol. The number of carbonyl (C=O) groups is 1. The van der Waals surface area contributed by atoms with E-state index < -0.39 is 0 Å². The second-order valence-corrected chi connectivity index (χ2v) is 7.96. The molecule has 0 spiro atoms. The van der Waals surface area contributed by atoms with Crippen LogP contribution in [0.2, 0.25) is 0 Å². The molecule has 0 radical (unpaired) electrons. The Labute approximate surface area is 129 Å². The molecule has 0 aromatic carbocycles. The van der Waals surface area contributed by atoms with Gasteiger partial charge in [0.1, 0.15) is 6.10 Å². The molecule has 3 saturated carbocycles. The summed E-state index contributed by atoms with van der Waals surface area (Å²) in [5, 5.41) is 0. The first-order chi connectivity index (χ1) is 10.0. The molecule has 118 valence electrons. The number of hydrogen-bond acceptors (Lipinski definition) is 2. The molecule has 6 unspecified atom stereocenters. The summed E-state index contributed by atoms with van der Waals surface area (Å²) in [6.45, 7) is 7.85. The van der Waals surface area contributed by atoms with E-state index >= 15 is 0 Å². The maximum atomic E-state index is 11.7. The van der Waals surface area contributed by atoms with Gasteiger partial charge in [-0.05, 0) is 81.5 Å². The van der Waals surface area contributed by atoms with Crippen molar-refractivity contribution < 1.29 is 9.53 Å². The van der Waals surface area contributed by atoms with Crippen LogP contribution in [0.25, 0.3) is 0 Å². The zero-order valence-corrected chi connectivity index (χ0v) is 13.6. The van der Waals surface area contributed by atoms with Crippen LogP contribution in [0.1, 0.15) is 65.2 Å². The van der Waals surface area contributed by atoms with Gasteiger partial charge in [0.25, 0.3) is 0 Å². The topological polar surface area (TPSA) is 26.3 Å². The summed E-state index contributed by atoms with van der Waals surface area (Å²) in [7, 11) is 0. The number of carbonyl (C=O) groups excluding carboxylic acids is 1. The second kappa shape index (κ2) is 6.14. The highest BCUT2D eigenvalue weighted by Crippen LogP contribution is 2.52. The van der Waals surface area contributed by atoms with Crippen molar-refractivity contribution in [1.82, 2.24) is 0 Å². The minimum atomic E-state index is -0.196. The highest BCUT2D eigenvalue weighted by atomic mass is 16.5. The van der Waals surface area contributed by atoms with E-state index in [2.05, 4.69) is 13.5 Å². The standard InChI is InChI=1S/C19H30O2/c1-12(2)19(20)21-16-7-9-18-15(11-16)6-5-14-10-13(3)4-8-17(14)18/h13-18H,1,4-11H2,2-3H3. The lowest BCUT2D eigenvalue weighted by Crippen LogP contribution is -2.42. The third-order valence-corrected chi connectivity index (χ3v) is 6.38. The van der Waals surface area contributed by atoms with Gasteiger partial charge < -0.3 is 4.74 Å². The van der Waals surface area contributed by atoms with Crippen LogP contribution in [0.3, 0.4) is 0 Å². The van der Waals surface area contributed by atoms with Crippen molar-refractivity contribution in [2.75, 3.05) is 0 Å². The summed E-state index contributed by atoms with van der Waals surface area (Å²) < 4.78 is 5.62. The van der Waals surface area contributed by atoms with Gasteiger partial charge >= 0.3 is 5.97 Å². The molecule has 0 N–H and O–H groups in total. The van der Waals surface area contributed by atoms with Gasteiger partial charge in [0, 0.05) is 5.57 Å². The fourth-order valence-electron chi connectivity index (χ4n) is 5.34. The van der Waals surface area contributed by atoms with Crippen LogP contribution in [0.5, 0.6) is 0 Å². The van der Waals surface area contributed by atoms with Crippen molar-refractivity contribution in [2.24, 2.45) is 29.6 Å². The van der Waals surface area contributed by atoms with Gasteiger partial charge in [-0.15, -0.1) is 0 Å². The number of hydrogen-bond donors (Lipinski definition) is 0. The summed E-state index contributed by atoms with van der Waals surface area (Å²) in [6, 6.07) is 0. The van der Waals surface area contributed by atoms with E-state index in [0.717, 1.165) is 42.4 Å². The number of esters is 1. The molecule has 2 heteroatoms. The van der Waals surface area contributed by atoms with Crippen molar-refractivity contribution in [3.63, 3.8) is 0 Å². The van der Waals surface area contributed by atoms with Crippen molar-refractivity contribution in [3.8, 4) is 0 Å². The molecule has 0 heterocycles. The molecule has 3 aliphatic carbocycles. The summed E-state index contributed by atoms with van der Waals surface area (Å²) in [6.07, 6.45) is 10.7. The minimum Gasteiger partial charge on any atom is -0.459 e. The predicted octanol–water partition coefficient (Wildman–Crippen LogP) is 4.74. The lowest BCUT2D eigenvalue weighted by Gasteiger charge is -2.50. The van der Waals surface area contributed by atoms with Gasteiger partial charge in [-0.1, -0.05) is 19.9 Å². The van der Waals surface area contributed by atoms with Crippen molar-refractivity contribution in [1.29, 1.82) is 0 Å². The van der Waals surface area contributed by atoms with Crippen LogP contribution in [-0.2, 0) is 9.53 Å². The summed E-state index contributed by atoms with van der Waals surface area (Å²) in [4.78, 5) is 11.7. The third kappa shape index (κ3) is 3.19. The third-order valence-electron chi connectivity index (χ3n) is 6.38. The Morgan fingerprint density at radius 3 is 2.24 bits per heavy atom. The molecular weight excluding hydrogens is 260 g/mol. The average molecular weight is 290 g/mol. The van der Waals surface area contributed by atoms with Crippen molar-refractivity contribution in [3.05, 3.63) is 12.2 Å². The molecule has 0 bridgehead atoms. The first-order valence-corrected chi connectivity index (χ1v) is 8.91. The Morgan fingerprint density at radius 2 is 1.57 bits per heavy atom. The van der Waals surface area contributed by atoms with Crippen LogP contribution >= 0.6 is 0 Å². The van der Waals surface area contributed by atoms with Gasteiger partial charge in [0.2, 0.25) is 0 Å². The number of ether oxygens (including phenoxy) is 1. The average Bonchev–Trinajstić information content (AvgIpc) is 2.46. The zero-order valence-electron chi connectivity index (χ0n) is 13.6. The molecule has 3 aliphatic rings. The van der Waals surface area contributed by atoms with Crippen LogP contribution in [-0.4, -0.2) is 12.1 Å². The second-order valence-electron chi connectivity index (χ2n) is 7.96. The smallest absolute Gasteiger partial charge is 0.333 e. The maximum Gasteiger partial charge on any atom is 0.333 e. The minimum absolute atomic E-state index is 0.148. The van der Waals surface area contributed by atoms with E-state index in [-0.39, 0.29) is 12.1 Å². The van der Waals surface area contributed by atoms with Crippen molar-refractivity contribution >= 4 is 5.97 Å². The Bertz CT molecular complexity index is 414. The first kappa shape index (κ1) is 15.1. The highest BCUT2D eigenvalue weighted by Gasteiger charge is 2.44. The Morgan fingerprint density at radius 1 is 0.952 bits per heavy atom. The molecule has 2 nitrogen and oxygen atoms in total. The molecule has 0 aromatic heterocycles. The molecule has 0 aliphatic heterocycles. The first-order valence-electron chi connectivity index (χ1n) is 8.91. The Hall–Kier alpha value is -0.790. The summed E-state index contributed by atoms with van der Waals surface area (Å²) >= 11 is 0. The van der Waals surface area contributed by atoms with Crippen LogP contribution < -0.4 is 0 Å². The fourth-order valence-corrected chi connectivity index (χ4v) is 5.34. The van der Waals surface area contributed by atoms with Gasteiger partial charge in [0.05, 0.1) is 0 Å². The predicted molar refractivity (Wildman–Crippen MR) is 84.8 cm³/mol. The number of rotatable bonds is 2. The lowest BCUT2D eigenvalue weighted by molar-refractivity contribution is -0.148. The fraction of sp³-hybridized carbons (Fsp3) is 0.842. The van der Waals surface area contributed by atoms with Gasteiger partial charge in [0.15, 0.2) is 0 Å². The van der Waals surface area contributed by atoms with Gasteiger partial charge in [-0.2, -0.15) is 0 Å². The molecule has 0 aromatic rings. The molecule has 6 atom stereocenters. The number of fused-ring (bicyclic) bond motifs is 3. The normalized spacial score (nSPS) is 42.6. The van der Waals surface area contributed by atoms with E-state index in [4.69, 9.17) is 4.74 Å². The van der Waals surface area contributed by atoms with E-state index in [1.165, 1.54) is 38.5 Å². The lowest BCUT2D eigenvalue weighted by atomic mass is 9.56. The van der Waals surface area contributed by atoms with E-state index in [1.807, 2.05) is 0 Å². The van der Waals surface area contributed by atoms with Crippen LogP contribution in [0.15, 0.2) is 12.2 Å². The van der Waals surface area contributed by atoms with Crippen molar-refractivity contribution in [2.45, 2.75) is 71.3 Å². The highest BCUT2D eigenvalue weighted by molar-refractivity contribution is 5.87. The van der Waals surface area contributed by atoms with Crippen LogP contribution in [0, 0.1) is 29.6 Å². The molecule has 0 amide bonds. The van der Waals surface area contributed by atoms with E-state index in [0.29, 0.717) is 5.57 Å². The summed E-state index contributed by atoms with van der Waals surface area (Å²) in [5.41, 5.74) is 0.530. The Kier molecular flexibility index (Phi) is 4.42. The SMILES string of the molecule is C=C(C)C(=O)OC1CCC2C(CCC3CC(C)CCC32)C1. The van der Waals surface area contributed by atoms with Gasteiger partial charge in [-0.3, -0.25) is 0 Å². The maximum absolute atomic E-state index is 11.7. The molecule has 3 rings (SSSR count). The molecule has 3 fully saturated rings. The quantitative estimate of drug-likeness (QED) is 0.542. The van der Waals surface area contributed by atoms with Gasteiger partial charge in [-0.25, -0.2) is 4.79 Å². The van der Waals surface area contributed by atoms with E-state index in [1.54, 1.807) is 6.92 Å². The summed E-state index contributed by atoms with van der Waals surface area (Å²) in [5.74, 6) is 4.42. The zero-order chi connectivity index (χ0) is 15.0. The van der Waals surface area contributed by atoms with Crippen LogP contribution in [0.4, 0.5) is 0 Å². The van der Waals surface area contributed by atoms with E-state index in [9.17, 15) is 4.79 Å². The molecule has 21 heavy (non-hydrogen) atoms. The largest absolute Gasteiger partial charge is 0.459 e. The molecule has 0 saturated heterocycles.